The number of fused-ring (bicyclic) bond motifs is 1. The zero-order valence-electron chi connectivity index (χ0n) is 13.4. The minimum Gasteiger partial charge on any atom is -0.330 e. The van der Waals surface area contributed by atoms with Crippen molar-refractivity contribution in [3.05, 3.63) is 0 Å². The molecule has 2 N–H and O–H groups in total. The molecule has 3 aliphatic rings. The van der Waals surface area contributed by atoms with Crippen LogP contribution in [0, 0.1) is 17.8 Å². The summed E-state index contributed by atoms with van der Waals surface area (Å²) < 4.78 is 0. The van der Waals surface area contributed by atoms with E-state index >= 15 is 0 Å². The number of hydrogen-bond donors (Lipinski definition) is 1. The van der Waals surface area contributed by atoms with Crippen LogP contribution in [0.15, 0.2) is 0 Å². The van der Waals surface area contributed by atoms with Gasteiger partial charge in [0.25, 0.3) is 0 Å². The van der Waals surface area contributed by atoms with Gasteiger partial charge in [-0.2, -0.15) is 0 Å². The van der Waals surface area contributed by atoms with Crippen LogP contribution in [0.25, 0.3) is 0 Å². The van der Waals surface area contributed by atoms with Gasteiger partial charge < -0.3 is 10.6 Å². The molecule has 3 nitrogen and oxygen atoms in total. The SMILES string of the molecule is CC1CCC(CN)C(N2CCC3C(CCCN3C)C2)C1. The van der Waals surface area contributed by atoms with Gasteiger partial charge in [0.2, 0.25) is 0 Å². The number of nitrogens with zero attached hydrogens (tertiary/aromatic N) is 2. The monoisotopic (exact) mass is 279 g/mol. The molecule has 0 amide bonds. The van der Waals surface area contributed by atoms with Crippen molar-refractivity contribution in [2.24, 2.45) is 23.5 Å². The van der Waals surface area contributed by atoms with E-state index in [9.17, 15) is 0 Å². The van der Waals surface area contributed by atoms with Crippen LogP contribution in [0.4, 0.5) is 0 Å². The zero-order chi connectivity index (χ0) is 14.1. The first-order chi connectivity index (χ1) is 9.69. The number of likely N-dealkylation sites (tertiary alicyclic amines) is 2. The highest BCUT2D eigenvalue weighted by Gasteiger charge is 2.39. The van der Waals surface area contributed by atoms with Gasteiger partial charge in [0.1, 0.15) is 0 Å². The summed E-state index contributed by atoms with van der Waals surface area (Å²) in [6.07, 6.45) is 8.35. The van der Waals surface area contributed by atoms with Crippen LogP contribution in [0.1, 0.15) is 45.4 Å². The largest absolute Gasteiger partial charge is 0.330 e. The molecule has 3 fully saturated rings. The van der Waals surface area contributed by atoms with Crippen molar-refractivity contribution in [1.82, 2.24) is 9.80 Å². The lowest BCUT2D eigenvalue weighted by Gasteiger charge is -2.50. The predicted molar refractivity (Wildman–Crippen MR) is 84.7 cm³/mol. The van der Waals surface area contributed by atoms with Crippen molar-refractivity contribution in [3.63, 3.8) is 0 Å². The third-order valence-electron chi connectivity index (χ3n) is 6.37. The van der Waals surface area contributed by atoms with Crippen LogP contribution >= 0.6 is 0 Å². The first kappa shape index (κ1) is 14.8. The Labute approximate surface area is 124 Å². The van der Waals surface area contributed by atoms with Crippen molar-refractivity contribution < 1.29 is 0 Å². The summed E-state index contributed by atoms with van der Waals surface area (Å²) in [4.78, 5) is 5.45. The average molecular weight is 279 g/mol. The molecule has 2 aliphatic heterocycles. The summed E-state index contributed by atoms with van der Waals surface area (Å²) in [6.45, 7) is 7.28. The summed E-state index contributed by atoms with van der Waals surface area (Å²) in [7, 11) is 2.33. The van der Waals surface area contributed by atoms with Crippen molar-refractivity contribution >= 4 is 0 Å². The number of piperidine rings is 2. The van der Waals surface area contributed by atoms with Gasteiger partial charge in [-0.15, -0.1) is 0 Å². The Morgan fingerprint density at radius 3 is 2.70 bits per heavy atom. The molecule has 3 heteroatoms. The van der Waals surface area contributed by atoms with E-state index in [0.717, 1.165) is 36.4 Å². The molecule has 2 saturated heterocycles. The molecular weight excluding hydrogens is 246 g/mol. The van der Waals surface area contributed by atoms with E-state index in [1.807, 2.05) is 0 Å². The third kappa shape index (κ3) is 2.90. The standard InChI is InChI=1S/C17H33N3/c1-13-5-6-14(11-18)17(10-13)20-9-7-16-15(12-20)4-3-8-19(16)2/h13-17H,3-12,18H2,1-2H3. The van der Waals surface area contributed by atoms with Gasteiger partial charge in [0, 0.05) is 18.6 Å². The maximum atomic E-state index is 6.06. The maximum Gasteiger partial charge on any atom is 0.0145 e. The van der Waals surface area contributed by atoms with Crippen LogP contribution in [-0.2, 0) is 0 Å². The molecule has 1 aliphatic carbocycles. The van der Waals surface area contributed by atoms with Gasteiger partial charge in [0.05, 0.1) is 0 Å². The highest BCUT2D eigenvalue weighted by Crippen LogP contribution is 2.36. The Morgan fingerprint density at radius 1 is 1.05 bits per heavy atom. The lowest BCUT2D eigenvalue weighted by atomic mass is 9.76. The number of rotatable bonds is 2. The van der Waals surface area contributed by atoms with Crippen molar-refractivity contribution in [2.75, 3.05) is 33.2 Å². The number of hydrogen-bond acceptors (Lipinski definition) is 3. The molecule has 3 rings (SSSR count). The first-order valence-corrected chi connectivity index (χ1v) is 8.83. The predicted octanol–water partition coefficient (Wildman–Crippen LogP) is 2.17. The van der Waals surface area contributed by atoms with Gasteiger partial charge in [0.15, 0.2) is 0 Å². The molecule has 5 atom stereocenters. The Morgan fingerprint density at radius 2 is 1.90 bits per heavy atom. The van der Waals surface area contributed by atoms with Gasteiger partial charge in [-0.1, -0.05) is 13.3 Å². The van der Waals surface area contributed by atoms with Crippen molar-refractivity contribution in [1.29, 1.82) is 0 Å². The second-order valence-electron chi connectivity index (χ2n) is 7.72. The first-order valence-electron chi connectivity index (χ1n) is 8.83. The smallest absolute Gasteiger partial charge is 0.0145 e. The minimum absolute atomic E-state index is 0.754. The molecule has 0 aromatic heterocycles. The molecule has 0 aromatic carbocycles. The minimum atomic E-state index is 0.754. The lowest BCUT2D eigenvalue weighted by Crippen LogP contribution is -2.57. The summed E-state index contributed by atoms with van der Waals surface area (Å²) in [6, 6.07) is 1.63. The van der Waals surface area contributed by atoms with E-state index in [1.165, 1.54) is 58.2 Å². The fourth-order valence-corrected chi connectivity index (χ4v) is 5.12. The molecule has 20 heavy (non-hydrogen) atoms. The Bertz CT molecular complexity index is 319. The topological polar surface area (TPSA) is 32.5 Å². The van der Waals surface area contributed by atoms with E-state index in [4.69, 9.17) is 5.73 Å². The van der Waals surface area contributed by atoms with Gasteiger partial charge in [-0.25, -0.2) is 0 Å². The molecule has 1 saturated carbocycles. The quantitative estimate of drug-likeness (QED) is 0.841. The van der Waals surface area contributed by atoms with E-state index in [-0.39, 0.29) is 0 Å². The molecule has 0 spiro atoms. The summed E-state index contributed by atoms with van der Waals surface area (Å²) in [5.41, 5.74) is 6.06. The van der Waals surface area contributed by atoms with Crippen LogP contribution < -0.4 is 5.73 Å². The third-order valence-corrected chi connectivity index (χ3v) is 6.37. The van der Waals surface area contributed by atoms with Gasteiger partial charge in [-0.3, -0.25) is 4.90 Å². The molecule has 0 aromatic rings. The van der Waals surface area contributed by atoms with E-state index < -0.39 is 0 Å². The average Bonchev–Trinajstić information content (AvgIpc) is 2.47. The van der Waals surface area contributed by atoms with E-state index in [1.54, 1.807) is 0 Å². The zero-order valence-corrected chi connectivity index (χ0v) is 13.4. The summed E-state index contributed by atoms with van der Waals surface area (Å²) in [5.74, 6) is 2.57. The van der Waals surface area contributed by atoms with Crippen molar-refractivity contribution in [3.8, 4) is 0 Å². The van der Waals surface area contributed by atoms with Crippen LogP contribution in [0.5, 0.6) is 0 Å². The second-order valence-corrected chi connectivity index (χ2v) is 7.72. The number of nitrogens with two attached hydrogens (primary N) is 1. The van der Waals surface area contributed by atoms with E-state index in [2.05, 4.69) is 23.8 Å². The van der Waals surface area contributed by atoms with Crippen LogP contribution in [-0.4, -0.2) is 55.1 Å². The second kappa shape index (κ2) is 6.33. The summed E-state index contributed by atoms with van der Waals surface area (Å²) >= 11 is 0. The molecule has 116 valence electrons. The van der Waals surface area contributed by atoms with Crippen LogP contribution in [0.2, 0.25) is 0 Å². The van der Waals surface area contributed by atoms with Gasteiger partial charge >= 0.3 is 0 Å². The van der Waals surface area contributed by atoms with E-state index in [0.29, 0.717) is 0 Å². The Hall–Kier alpha value is -0.120. The van der Waals surface area contributed by atoms with Crippen molar-refractivity contribution in [2.45, 2.75) is 57.5 Å². The fourth-order valence-electron chi connectivity index (χ4n) is 5.12. The Kier molecular flexibility index (Phi) is 4.68. The molecule has 0 radical (unpaired) electrons. The molecule has 2 heterocycles. The van der Waals surface area contributed by atoms with Crippen LogP contribution in [0.3, 0.4) is 0 Å². The highest BCUT2D eigenvalue weighted by molar-refractivity contribution is 4.94. The highest BCUT2D eigenvalue weighted by atomic mass is 15.2. The molecule has 0 bridgehead atoms. The summed E-state index contributed by atoms with van der Waals surface area (Å²) in [5, 5.41) is 0. The fraction of sp³-hybridized carbons (Fsp3) is 1.00. The van der Waals surface area contributed by atoms with Gasteiger partial charge in [-0.05, 0) is 76.5 Å². The maximum absolute atomic E-state index is 6.06. The Balaban J connectivity index is 1.65. The normalized spacial score (nSPS) is 44.2. The molecular formula is C17H33N3. The molecule has 5 unspecified atom stereocenters. The lowest BCUT2D eigenvalue weighted by molar-refractivity contribution is -0.00744.